The predicted octanol–water partition coefficient (Wildman–Crippen LogP) is 6.59. The third-order valence-electron chi connectivity index (χ3n) is 4.03. The van der Waals surface area contributed by atoms with E-state index in [2.05, 4.69) is 20.9 Å². The average Bonchev–Trinajstić information content (AvgIpc) is 3.03. The highest BCUT2D eigenvalue weighted by molar-refractivity contribution is 9.10. The number of benzene rings is 2. The van der Waals surface area contributed by atoms with E-state index in [4.69, 9.17) is 4.42 Å². The van der Waals surface area contributed by atoms with E-state index in [9.17, 15) is 45.2 Å². The molecule has 5 nitrogen and oxygen atoms in total. The fraction of sp³-hybridized carbons (Fsp3) is 0.188. The summed E-state index contributed by atoms with van der Waals surface area (Å²) in [5.41, 5.74) is -10.2. The maximum Gasteiger partial charge on any atom is 0.435 e. The average molecular weight is 505 g/mol. The van der Waals surface area contributed by atoms with Gasteiger partial charge in [0.15, 0.2) is 5.58 Å². The Kier molecular flexibility index (Phi) is 5.04. The lowest BCUT2D eigenvalue weighted by Gasteiger charge is -2.30. The highest BCUT2D eigenvalue weighted by Crippen LogP contribution is 2.54. The van der Waals surface area contributed by atoms with E-state index in [1.54, 1.807) is 0 Å². The van der Waals surface area contributed by atoms with Gasteiger partial charge < -0.3 is 4.42 Å². The molecule has 30 heavy (non-hydrogen) atoms. The molecule has 3 rings (SSSR count). The van der Waals surface area contributed by atoms with Crippen molar-refractivity contribution in [2.24, 2.45) is 0 Å². The fourth-order valence-corrected chi connectivity index (χ4v) is 3.15. The SMILES string of the molecule is O=[N+]([O-])c1cccc(-c2nc3c(Br)cc(C(F)(C(F)(F)F)C(F)(F)F)cc3o2)c1F. The van der Waals surface area contributed by atoms with Crippen LogP contribution in [0.3, 0.4) is 0 Å². The molecule has 0 unspecified atom stereocenters. The Labute approximate surface area is 168 Å². The second-order valence-corrected chi connectivity index (χ2v) is 6.73. The van der Waals surface area contributed by atoms with Gasteiger partial charge in [-0.05, 0) is 34.1 Å². The van der Waals surface area contributed by atoms with Crippen molar-refractivity contribution in [2.45, 2.75) is 18.0 Å². The minimum atomic E-state index is -6.35. The number of halogens is 9. The van der Waals surface area contributed by atoms with E-state index in [-0.39, 0.29) is 17.6 Å². The number of nitrogens with zero attached hydrogens (tertiary/aromatic N) is 2. The summed E-state index contributed by atoms with van der Waals surface area (Å²) in [6, 6.07) is 3.23. The van der Waals surface area contributed by atoms with Gasteiger partial charge in [0, 0.05) is 16.1 Å². The Bertz CT molecular complexity index is 1140. The van der Waals surface area contributed by atoms with Crippen LogP contribution < -0.4 is 0 Å². The predicted molar refractivity (Wildman–Crippen MR) is 88.7 cm³/mol. The Balaban J connectivity index is 2.25. The molecule has 0 saturated carbocycles. The first-order chi connectivity index (χ1) is 13.7. The van der Waals surface area contributed by atoms with Gasteiger partial charge in [-0.2, -0.15) is 30.7 Å². The Morgan fingerprint density at radius 3 is 2.17 bits per heavy atom. The largest absolute Gasteiger partial charge is 0.436 e. The molecule has 0 atom stereocenters. The molecular weight excluding hydrogens is 500 g/mol. The van der Waals surface area contributed by atoms with Crippen molar-refractivity contribution in [1.29, 1.82) is 0 Å². The van der Waals surface area contributed by atoms with E-state index < -0.39 is 61.5 Å². The van der Waals surface area contributed by atoms with Gasteiger partial charge in [0.25, 0.3) is 0 Å². The van der Waals surface area contributed by atoms with E-state index >= 15 is 0 Å². The van der Waals surface area contributed by atoms with Crippen LogP contribution in [0.2, 0.25) is 0 Å². The number of oxazole rings is 1. The van der Waals surface area contributed by atoms with Crippen molar-refractivity contribution in [3.8, 4) is 11.5 Å². The highest BCUT2D eigenvalue weighted by Gasteiger charge is 2.73. The Hall–Kier alpha value is -2.77. The van der Waals surface area contributed by atoms with Crippen molar-refractivity contribution in [3.05, 3.63) is 56.3 Å². The zero-order valence-electron chi connectivity index (χ0n) is 13.9. The van der Waals surface area contributed by atoms with Crippen LogP contribution in [0.5, 0.6) is 0 Å². The van der Waals surface area contributed by atoms with Gasteiger partial charge in [-0.25, -0.2) is 9.37 Å². The second-order valence-electron chi connectivity index (χ2n) is 5.87. The van der Waals surface area contributed by atoms with Crippen molar-refractivity contribution >= 4 is 32.7 Å². The number of alkyl halides is 7. The summed E-state index contributed by atoms with van der Waals surface area (Å²) < 4.78 is 111. The van der Waals surface area contributed by atoms with Crippen molar-refractivity contribution in [2.75, 3.05) is 0 Å². The van der Waals surface area contributed by atoms with Crippen molar-refractivity contribution < 1.29 is 44.5 Å². The van der Waals surface area contributed by atoms with Gasteiger partial charge in [-0.15, -0.1) is 0 Å². The third-order valence-corrected chi connectivity index (χ3v) is 4.64. The first-order valence-corrected chi connectivity index (χ1v) is 8.34. The number of rotatable bonds is 3. The minimum Gasteiger partial charge on any atom is -0.436 e. The summed E-state index contributed by atoms with van der Waals surface area (Å²) in [5.74, 6) is -2.07. The number of nitro groups is 1. The normalized spacial score (nSPS) is 13.1. The number of aromatic nitrogens is 1. The van der Waals surface area contributed by atoms with Crippen LogP contribution >= 0.6 is 15.9 Å². The molecule has 3 aromatic rings. The van der Waals surface area contributed by atoms with E-state index in [1.165, 1.54) is 0 Å². The lowest BCUT2D eigenvalue weighted by atomic mass is 9.94. The van der Waals surface area contributed by atoms with Crippen LogP contribution in [0.25, 0.3) is 22.6 Å². The summed E-state index contributed by atoms with van der Waals surface area (Å²) in [6.07, 6.45) is -12.7. The lowest BCUT2D eigenvalue weighted by molar-refractivity contribution is -0.387. The van der Waals surface area contributed by atoms with Crippen LogP contribution in [0, 0.1) is 15.9 Å². The Morgan fingerprint density at radius 2 is 1.63 bits per heavy atom. The highest BCUT2D eigenvalue weighted by atomic mass is 79.9. The quantitative estimate of drug-likeness (QED) is 0.229. The van der Waals surface area contributed by atoms with Crippen LogP contribution in [-0.2, 0) is 5.67 Å². The van der Waals surface area contributed by atoms with Crippen LogP contribution in [-0.4, -0.2) is 22.3 Å². The molecule has 14 heteroatoms. The number of nitro benzene ring substituents is 1. The lowest BCUT2D eigenvalue weighted by Crippen LogP contribution is -2.50. The molecule has 0 spiro atoms. The molecule has 0 radical (unpaired) electrons. The molecule has 0 aliphatic rings. The molecule has 0 amide bonds. The standard InChI is InChI=1S/C16H5BrF8N2O3/c17-8-4-6(14(19,15(20,21)22)16(23,24)25)5-10-12(8)26-13(30-10)7-2-1-3-9(11(7)18)27(28)29/h1-5H. The van der Waals surface area contributed by atoms with Gasteiger partial charge in [0.05, 0.1) is 10.5 Å². The molecule has 0 bridgehead atoms. The summed E-state index contributed by atoms with van der Waals surface area (Å²) in [6.45, 7) is 0. The molecule has 1 aromatic heterocycles. The molecule has 0 N–H and O–H groups in total. The van der Waals surface area contributed by atoms with Crippen molar-refractivity contribution in [3.63, 3.8) is 0 Å². The van der Waals surface area contributed by atoms with E-state index in [0.717, 1.165) is 18.2 Å². The first kappa shape index (κ1) is 21.9. The summed E-state index contributed by atoms with van der Waals surface area (Å²) in [7, 11) is 0. The molecule has 0 saturated heterocycles. The molecule has 0 aliphatic heterocycles. The third kappa shape index (κ3) is 3.28. The Morgan fingerprint density at radius 1 is 1.03 bits per heavy atom. The smallest absolute Gasteiger partial charge is 0.435 e. The molecular formula is C16H5BrF8N2O3. The molecule has 1 heterocycles. The first-order valence-electron chi connectivity index (χ1n) is 7.54. The van der Waals surface area contributed by atoms with E-state index in [1.807, 2.05) is 0 Å². The second kappa shape index (κ2) is 6.89. The molecule has 0 aliphatic carbocycles. The zero-order chi connectivity index (χ0) is 22.6. The molecule has 160 valence electrons. The topological polar surface area (TPSA) is 69.2 Å². The number of hydrogen-bond donors (Lipinski definition) is 0. The minimum absolute atomic E-state index is 0.132. The summed E-state index contributed by atoms with van der Waals surface area (Å²) in [4.78, 5) is 13.5. The van der Waals surface area contributed by atoms with Gasteiger partial charge >= 0.3 is 23.7 Å². The van der Waals surface area contributed by atoms with Crippen LogP contribution in [0.1, 0.15) is 5.56 Å². The fourth-order valence-electron chi connectivity index (χ4n) is 2.62. The zero-order valence-corrected chi connectivity index (χ0v) is 15.5. The van der Waals surface area contributed by atoms with Crippen LogP contribution in [0.4, 0.5) is 40.8 Å². The van der Waals surface area contributed by atoms with Crippen LogP contribution in [0.15, 0.2) is 39.2 Å². The molecule has 0 fully saturated rings. The monoisotopic (exact) mass is 504 g/mol. The van der Waals surface area contributed by atoms with E-state index in [0.29, 0.717) is 0 Å². The van der Waals surface area contributed by atoms with Gasteiger partial charge in [0.2, 0.25) is 11.7 Å². The van der Waals surface area contributed by atoms with Crippen molar-refractivity contribution in [1.82, 2.24) is 4.98 Å². The number of hydrogen-bond acceptors (Lipinski definition) is 4. The summed E-state index contributed by atoms with van der Waals surface area (Å²) >= 11 is 2.69. The molecule has 2 aromatic carbocycles. The van der Waals surface area contributed by atoms with Gasteiger partial charge in [-0.1, -0.05) is 6.07 Å². The maximum atomic E-state index is 14.3. The van der Waals surface area contributed by atoms with Gasteiger partial charge in [0.1, 0.15) is 5.52 Å². The summed E-state index contributed by atoms with van der Waals surface area (Å²) in [5, 5.41) is 10.8. The maximum absolute atomic E-state index is 14.3. The van der Waals surface area contributed by atoms with Gasteiger partial charge in [-0.3, -0.25) is 10.1 Å². The number of fused-ring (bicyclic) bond motifs is 1.